The fraction of sp³-hybridized carbons (Fsp3) is 1.00. The van der Waals surface area contributed by atoms with Crippen LogP contribution < -0.4 is 0 Å². The fourth-order valence-electron chi connectivity index (χ4n) is 0.899. The van der Waals surface area contributed by atoms with Crippen LogP contribution in [0.15, 0.2) is 0 Å². The van der Waals surface area contributed by atoms with Gasteiger partial charge >= 0.3 is 0 Å². The first kappa shape index (κ1) is 8.96. The molecule has 0 saturated carbocycles. The topological polar surface area (TPSA) is 40.4 Å². The van der Waals surface area contributed by atoms with Gasteiger partial charge in [0.2, 0.25) is 0 Å². The molecule has 0 N–H and O–H groups in total. The van der Waals surface area contributed by atoms with Crippen molar-refractivity contribution < 1.29 is 8.42 Å². The van der Waals surface area contributed by atoms with E-state index in [1.54, 1.807) is 7.05 Å². The van der Waals surface area contributed by atoms with Crippen molar-refractivity contribution in [3.63, 3.8) is 0 Å². The summed E-state index contributed by atoms with van der Waals surface area (Å²) in [6.45, 7) is 3.96. The molecule has 1 aliphatic heterocycles. The Kier molecular flexibility index (Phi) is 2.51. The van der Waals surface area contributed by atoms with Crippen LogP contribution >= 0.6 is 0 Å². The van der Waals surface area contributed by atoms with Gasteiger partial charge in [-0.2, -0.15) is 17.0 Å². The lowest BCUT2D eigenvalue weighted by atomic mass is 10.5. The van der Waals surface area contributed by atoms with E-state index in [1.165, 1.54) is 8.61 Å². The summed E-state index contributed by atoms with van der Waals surface area (Å²) >= 11 is 0. The zero-order valence-corrected chi connectivity index (χ0v) is 7.76. The quantitative estimate of drug-likeness (QED) is 0.563. The van der Waals surface area contributed by atoms with Crippen molar-refractivity contribution in [2.45, 2.75) is 13.3 Å². The lowest BCUT2D eigenvalue weighted by molar-refractivity contribution is 0.442. The second-order valence-electron chi connectivity index (χ2n) is 2.73. The normalized spacial score (nSPS) is 19.2. The smallest absolute Gasteiger partial charge is 0.195 e. The van der Waals surface area contributed by atoms with E-state index in [1.807, 2.05) is 6.92 Å². The minimum atomic E-state index is -3.06. The molecule has 1 saturated heterocycles. The van der Waals surface area contributed by atoms with Gasteiger partial charge in [-0.05, 0) is 6.42 Å². The Morgan fingerprint density at radius 2 is 2.00 bits per heavy atom. The van der Waals surface area contributed by atoms with Crippen LogP contribution in [0.5, 0.6) is 0 Å². The van der Waals surface area contributed by atoms with Gasteiger partial charge in [0.15, 0.2) is 0 Å². The fourth-order valence-corrected chi connectivity index (χ4v) is 2.25. The zero-order valence-electron chi connectivity index (χ0n) is 6.95. The van der Waals surface area contributed by atoms with Crippen LogP contribution in [0.25, 0.3) is 0 Å². The molecule has 1 aliphatic rings. The largest absolute Gasteiger partial charge is 0.281 e. The molecule has 1 heterocycles. The van der Waals surface area contributed by atoms with Gasteiger partial charge in [-0.1, -0.05) is 6.92 Å². The second-order valence-corrected chi connectivity index (χ2v) is 4.76. The second kappa shape index (κ2) is 3.08. The Morgan fingerprint density at radius 1 is 1.45 bits per heavy atom. The van der Waals surface area contributed by atoms with Gasteiger partial charge in [0.1, 0.15) is 0 Å². The van der Waals surface area contributed by atoms with E-state index in [-0.39, 0.29) is 0 Å². The van der Waals surface area contributed by atoms with Crippen LogP contribution in [0.1, 0.15) is 13.3 Å². The van der Waals surface area contributed by atoms with E-state index in [9.17, 15) is 8.42 Å². The highest BCUT2D eigenvalue weighted by atomic mass is 32.2. The maximum absolute atomic E-state index is 11.3. The van der Waals surface area contributed by atoms with Crippen LogP contribution in [0.2, 0.25) is 0 Å². The summed E-state index contributed by atoms with van der Waals surface area (Å²) < 4.78 is 25.5. The Hall–Kier alpha value is -0.130. The predicted octanol–water partition coefficient (Wildman–Crippen LogP) is -0.111. The van der Waals surface area contributed by atoms with Crippen LogP contribution in [0, 0.1) is 0 Å². The van der Waals surface area contributed by atoms with Gasteiger partial charge < -0.3 is 0 Å². The molecule has 0 aliphatic carbocycles. The van der Waals surface area contributed by atoms with Crippen molar-refractivity contribution in [1.29, 1.82) is 0 Å². The molecular formula is C6H14N2O2S. The summed E-state index contributed by atoms with van der Waals surface area (Å²) in [5.41, 5.74) is 0. The first-order valence-corrected chi connectivity index (χ1v) is 5.20. The summed E-state index contributed by atoms with van der Waals surface area (Å²) in [4.78, 5) is 0. The Labute approximate surface area is 68.0 Å². The minimum absolute atomic E-state index is 0.610. The van der Waals surface area contributed by atoms with Crippen molar-refractivity contribution in [2.24, 2.45) is 0 Å². The van der Waals surface area contributed by atoms with Gasteiger partial charge in [0, 0.05) is 26.7 Å². The first-order valence-electron chi connectivity index (χ1n) is 3.80. The number of hydrogen-bond acceptors (Lipinski definition) is 2. The van der Waals surface area contributed by atoms with Crippen LogP contribution in [0.4, 0.5) is 0 Å². The van der Waals surface area contributed by atoms with Crippen molar-refractivity contribution in [2.75, 3.05) is 26.7 Å². The molecule has 1 rings (SSSR count). The molecule has 1 fully saturated rings. The van der Waals surface area contributed by atoms with E-state index in [0.717, 1.165) is 6.42 Å². The monoisotopic (exact) mass is 178 g/mol. The van der Waals surface area contributed by atoms with E-state index >= 15 is 0 Å². The molecule has 0 aromatic rings. The third kappa shape index (κ3) is 1.91. The van der Waals surface area contributed by atoms with E-state index in [4.69, 9.17) is 0 Å². The molecule has 0 aromatic carbocycles. The summed E-state index contributed by atoms with van der Waals surface area (Å²) in [5.74, 6) is 0. The summed E-state index contributed by atoms with van der Waals surface area (Å²) in [6, 6.07) is 0. The van der Waals surface area contributed by atoms with Gasteiger partial charge in [-0.15, -0.1) is 0 Å². The molecule has 0 radical (unpaired) electrons. The van der Waals surface area contributed by atoms with E-state index in [0.29, 0.717) is 19.6 Å². The molecular weight excluding hydrogens is 164 g/mol. The number of nitrogens with zero attached hydrogens (tertiary/aromatic N) is 2. The number of hydrogen-bond donors (Lipinski definition) is 0. The third-order valence-corrected chi connectivity index (χ3v) is 3.65. The lowest BCUT2D eigenvalue weighted by Gasteiger charge is -2.15. The summed E-state index contributed by atoms with van der Waals surface area (Å²) in [6.07, 6.45) is 0.865. The van der Waals surface area contributed by atoms with Crippen LogP contribution in [0.3, 0.4) is 0 Å². The molecule has 0 bridgehead atoms. The van der Waals surface area contributed by atoms with Crippen molar-refractivity contribution in [3.05, 3.63) is 0 Å². The van der Waals surface area contributed by atoms with Crippen LogP contribution in [-0.4, -0.2) is 43.7 Å². The van der Waals surface area contributed by atoms with Crippen molar-refractivity contribution in [1.82, 2.24) is 8.61 Å². The zero-order chi connectivity index (χ0) is 8.48. The predicted molar refractivity (Wildman–Crippen MR) is 43.4 cm³/mol. The van der Waals surface area contributed by atoms with Crippen molar-refractivity contribution in [3.8, 4) is 0 Å². The van der Waals surface area contributed by atoms with E-state index < -0.39 is 10.2 Å². The third-order valence-electron chi connectivity index (χ3n) is 1.66. The van der Waals surface area contributed by atoms with Crippen LogP contribution in [-0.2, 0) is 10.2 Å². The maximum atomic E-state index is 11.3. The average Bonchev–Trinajstić information content (AvgIpc) is 2.68. The molecule has 0 unspecified atom stereocenters. The summed E-state index contributed by atoms with van der Waals surface area (Å²) in [5, 5.41) is 0. The Morgan fingerprint density at radius 3 is 2.36 bits per heavy atom. The molecule has 11 heavy (non-hydrogen) atoms. The number of rotatable bonds is 4. The van der Waals surface area contributed by atoms with Gasteiger partial charge in [-0.3, -0.25) is 0 Å². The standard InChI is InChI=1S/C6H14N2O2S/c1-3-4-7(2)11(9,10)8-5-6-8/h3-6H2,1-2H3. The highest BCUT2D eigenvalue weighted by molar-refractivity contribution is 7.87. The SMILES string of the molecule is CCCN(C)S(=O)(=O)N1CC1. The molecule has 66 valence electrons. The lowest BCUT2D eigenvalue weighted by Crippen LogP contribution is -2.32. The van der Waals surface area contributed by atoms with Gasteiger partial charge in [-0.25, -0.2) is 0 Å². The highest BCUT2D eigenvalue weighted by Crippen LogP contribution is 2.14. The molecule has 0 aromatic heterocycles. The van der Waals surface area contributed by atoms with Gasteiger partial charge in [0.05, 0.1) is 0 Å². The highest BCUT2D eigenvalue weighted by Gasteiger charge is 2.34. The Balaban J connectivity index is 2.56. The molecule has 0 atom stereocenters. The van der Waals surface area contributed by atoms with Crippen molar-refractivity contribution >= 4 is 10.2 Å². The summed E-state index contributed by atoms with van der Waals surface area (Å²) in [7, 11) is -1.44. The molecule has 0 amide bonds. The molecule has 4 nitrogen and oxygen atoms in total. The Bertz CT molecular complexity index is 221. The van der Waals surface area contributed by atoms with E-state index in [2.05, 4.69) is 0 Å². The minimum Gasteiger partial charge on any atom is -0.195 e. The first-order chi connectivity index (χ1) is 5.09. The van der Waals surface area contributed by atoms with Gasteiger partial charge in [0.25, 0.3) is 10.2 Å². The average molecular weight is 178 g/mol. The maximum Gasteiger partial charge on any atom is 0.281 e. The molecule has 0 spiro atoms. The molecule has 5 heteroatoms.